The summed E-state index contributed by atoms with van der Waals surface area (Å²) < 4.78 is 0. The first-order valence-electron chi connectivity index (χ1n) is 6.87. The number of carbonyl (C=O) groups is 1. The molecule has 0 saturated carbocycles. The fraction of sp³-hybridized carbons (Fsp3) is 0.533. The maximum atomic E-state index is 11.0. The van der Waals surface area contributed by atoms with Crippen LogP contribution in [0.25, 0.3) is 0 Å². The van der Waals surface area contributed by atoms with Crippen LogP contribution in [0, 0.1) is 5.92 Å². The van der Waals surface area contributed by atoms with Gasteiger partial charge >= 0.3 is 0 Å². The molecule has 2 rings (SSSR count). The zero-order chi connectivity index (χ0) is 13.7. The number of aliphatic hydroxyl groups excluding tert-OH is 1. The number of piperidine rings is 1. The van der Waals surface area contributed by atoms with Crippen LogP contribution in [0.15, 0.2) is 24.3 Å². The zero-order valence-electron chi connectivity index (χ0n) is 11.4. The largest absolute Gasteiger partial charge is 0.396 e. The van der Waals surface area contributed by atoms with Crippen molar-refractivity contribution in [2.45, 2.75) is 26.3 Å². The fourth-order valence-electron chi connectivity index (χ4n) is 2.54. The summed E-state index contributed by atoms with van der Waals surface area (Å²) in [5, 5.41) is 11.9. The molecule has 1 aromatic rings. The van der Waals surface area contributed by atoms with Gasteiger partial charge in [-0.1, -0.05) is 12.1 Å². The predicted molar refractivity (Wildman–Crippen MR) is 75.8 cm³/mol. The Morgan fingerprint density at radius 3 is 2.79 bits per heavy atom. The number of amides is 1. The molecule has 1 aromatic carbocycles. The topological polar surface area (TPSA) is 52.6 Å². The van der Waals surface area contributed by atoms with Crippen molar-refractivity contribution in [3.63, 3.8) is 0 Å². The first-order chi connectivity index (χ1) is 9.17. The summed E-state index contributed by atoms with van der Waals surface area (Å²) in [6, 6.07) is 7.99. The number of rotatable bonds is 4. The Kier molecular flexibility index (Phi) is 4.93. The SMILES string of the molecule is CC(=O)Nc1cccc(CN2CCC(CO)CC2)c1. The van der Waals surface area contributed by atoms with Crippen LogP contribution in [0.2, 0.25) is 0 Å². The molecule has 4 nitrogen and oxygen atoms in total. The van der Waals surface area contributed by atoms with Crippen LogP contribution in [-0.2, 0) is 11.3 Å². The van der Waals surface area contributed by atoms with Gasteiger partial charge in [0.25, 0.3) is 0 Å². The highest BCUT2D eigenvalue weighted by Gasteiger charge is 2.18. The third kappa shape index (κ3) is 4.33. The Morgan fingerprint density at radius 1 is 1.42 bits per heavy atom. The van der Waals surface area contributed by atoms with E-state index in [1.807, 2.05) is 18.2 Å². The molecular formula is C15H22N2O2. The average Bonchev–Trinajstić information content (AvgIpc) is 2.39. The Labute approximate surface area is 114 Å². The zero-order valence-corrected chi connectivity index (χ0v) is 11.4. The van der Waals surface area contributed by atoms with E-state index >= 15 is 0 Å². The molecule has 1 amide bonds. The summed E-state index contributed by atoms with van der Waals surface area (Å²) in [7, 11) is 0. The second-order valence-electron chi connectivity index (χ2n) is 5.28. The number of nitrogens with one attached hydrogen (secondary N) is 1. The molecule has 0 spiro atoms. The number of benzene rings is 1. The first-order valence-corrected chi connectivity index (χ1v) is 6.87. The van der Waals surface area contributed by atoms with Gasteiger partial charge in [0, 0.05) is 25.8 Å². The summed E-state index contributed by atoms with van der Waals surface area (Å²) >= 11 is 0. The van der Waals surface area contributed by atoms with E-state index in [0.717, 1.165) is 38.2 Å². The van der Waals surface area contributed by atoms with E-state index in [2.05, 4.69) is 16.3 Å². The molecule has 2 N–H and O–H groups in total. The summed E-state index contributed by atoms with van der Waals surface area (Å²) in [6.45, 7) is 4.81. The van der Waals surface area contributed by atoms with E-state index < -0.39 is 0 Å². The van der Waals surface area contributed by atoms with E-state index in [1.54, 1.807) is 0 Å². The lowest BCUT2D eigenvalue weighted by Crippen LogP contribution is -2.34. The van der Waals surface area contributed by atoms with E-state index in [-0.39, 0.29) is 5.91 Å². The van der Waals surface area contributed by atoms with Crippen molar-refractivity contribution in [1.82, 2.24) is 4.90 Å². The lowest BCUT2D eigenvalue weighted by Gasteiger charge is -2.31. The highest BCUT2D eigenvalue weighted by molar-refractivity contribution is 5.88. The van der Waals surface area contributed by atoms with Crippen LogP contribution in [0.1, 0.15) is 25.3 Å². The number of nitrogens with zero attached hydrogens (tertiary/aromatic N) is 1. The Bertz CT molecular complexity index is 426. The maximum Gasteiger partial charge on any atom is 0.221 e. The van der Waals surface area contributed by atoms with Crippen molar-refractivity contribution in [3.8, 4) is 0 Å². The van der Waals surface area contributed by atoms with Gasteiger partial charge in [-0.25, -0.2) is 0 Å². The molecule has 0 aliphatic carbocycles. The van der Waals surface area contributed by atoms with Crippen LogP contribution in [0.3, 0.4) is 0 Å². The standard InChI is InChI=1S/C15H22N2O2/c1-12(19)16-15-4-2-3-14(9-15)10-17-7-5-13(11-18)6-8-17/h2-4,9,13,18H,5-8,10-11H2,1H3,(H,16,19). The van der Waals surface area contributed by atoms with E-state index in [0.29, 0.717) is 12.5 Å². The van der Waals surface area contributed by atoms with Crippen molar-refractivity contribution < 1.29 is 9.90 Å². The molecule has 0 aromatic heterocycles. The third-order valence-electron chi connectivity index (χ3n) is 3.62. The van der Waals surface area contributed by atoms with Gasteiger partial charge in [-0.15, -0.1) is 0 Å². The van der Waals surface area contributed by atoms with Crippen molar-refractivity contribution in [2.75, 3.05) is 25.0 Å². The summed E-state index contributed by atoms with van der Waals surface area (Å²) in [5.41, 5.74) is 2.07. The highest BCUT2D eigenvalue weighted by atomic mass is 16.3. The second-order valence-corrected chi connectivity index (χ2v) is 5.28. The minimum Gasteiger partial charge on any atom is -0.396 e. The summed E-state index contributed by atoms with van der Waals surface area (Å²) in [6.07, 6.45) is 2.14. The molecular weight excluding hydrogens is 240 g/mol. The molecule has 1 aliphatic rings. The van der Waals surface area contributed by atoms with E-state index in [1.165, 1.54) is 12.5 Å². The number of hydrogen-bond acceptors (Lipinski definition) is 3. The molecule has 0 atom stereocenters. The summed E-state index contributed by atoms with van der Waals surface area (Å²) in [5.74, 6) is 0.433. The molecule has 19 heavy (non-hydrogen) atoms. The normalized spacial score (nSPS) is 17.4. The summed E-state index contributed by atoms with van der Waals surface area (Å²) in [4.78, 5) is 13.4. The number of hydrogen-bond donors (Lipinski definition) is 2. The Morgan fingerprint density at radius 2 is 2.16 bits per heavy atom. The van der Waals surface area contributed by atoms with Crippen LogP contribution < -0.4 is 5.32 Å². The van der Waals surface area contributed by atoms with Crippen molar-refractivity contribution in [3.05, 3.63) is 29.8 Å². The number of anilines is 1. The smallest absolute Gasteiger partial charge is 0.221 e. The molecule has 0 radical (unpaired) electrons. The van der Waals surface area contributed by atoms with Gasteiger partial charge < -0.3 is 10.4 Å². The minimum absolute atomic E-state index is 0.0408. The molecule has 4 heteroatoms. The number of carbonyl (C=O) groups excluding carboxylic acids is 1. The van der Waals surface area contributed by atoms with Crippen LogP contribution >= 0.6 is 0 Å². The molecule has 104 valence electrons. The lowest BCUT2D eigenvalue weighted by molar-refractivity contribution is -0.114. The minimum atomic E-state index is -0.0408. The van der Waals surface area contributed by atoms with Crippen LogP contribution in [0.4, 0.5) is 5.69 Å². The number of aliphatic hydroxyl groups is 1. The Balaban J connectivity index is 1.90. The average molecular weight is 262 g/mol. The monoisotopic (exact) mass is 262 g/mol. The quantitative estimate of drug-likeness (QED) is 0.870. The Hall–Kier alpha value is -1.39. The van der Waals surface area contributed by atoms with Gasteiger partial charge in [-0.05, 0) is 49.5 Å². The van der Waals surface area contributed by atoms with Crippen molar-refractivity contribution >= 4 is 11.6 Å². The molecule has 1 aliphatic heterocycles. The lowest BCUT2D eigenvalue weighted by atomic mass is 9.97. The highest BCUT2D eigenvalue weighted by Crippen LogP contribution is 2.19. The van der Waals surface area contributed by atoms with Gasteiger partial charge in [-0.2, -0.15) is 0 Å². The molecule has 1 saturated heterocycles. The maximum absolute atomic E-state index is 11.0. The van der Waals surface area contributed by atoms with Gasteiger partial charge in [-0.3, -0.25) is 9.69 Å². The predicted octanol–water partition coefficient (Wildman–Crippen LogP) is 1.85. The van der Waals surface area contributed by atoms with Crippen molar-refractivity contribution in [1.29, 1.82) is 0 Å². The first kappa shape index (κ1) is 14.0. The van der Waals surface area contributed by atoms with E-state index in [4.69, 9.17) is 5.11 Å². The second kappa shape index (κ2) is 6.68. The van der Waals surface area contributed by atoms with Crippen LogP contribution in [-0.4, -0.2) is 35.6 Å². The van der Waals surface area contributed by atoms with Gasteiger partial charge in [0.2, 0.25) is 5.91 Å². The third-order valence-corrected chi connectivity index (χ3v) is 3.62. The van der Waals surface area contributed by atoms with Crippen molar-refractivity contribution in [2.24, 2.45) is 5.92 Å². The van der Waals surface area contributed by atoms with Gasteiger partial charge in [0.15, 0.2) is 0 Å². The molecule has 1 fully saturated rings. The van der Waals surface area contributed by atoms with Gasteiger partial charge in [0.1, 0.15) is 0 Å². The van der Waals surface area contributed by atoms with E-state index in [9.17, 15) is 4.79 Å². The molecule has 0 bridgehead atoms. The van der Waals surface area contributed by atoms with Gasteiger partial charge in [0.05, 0.1) is 0 Å². The molecule has 0 unspecified atom stereocenters. The number of likely N-dealkylation sites (tertiary alicyclic amines) is 1. The fourth-order valence-corrected chi connectivity index (χ4v) is 2.54. The molecule has 1 heterocycles. The van der Waals surface area contributed by atoms with Crippen LogP contribution in [0.5, 0.6) is 0 Å².